The van der Waals surface area contributed by atoms with Gasteiger partial charge in [0, 0.05) is 6.54 Å². The Morgan fingerprint density at radius 3 is 2.42 bits per heavy atom. The van der Waals surface area contributed by atoms with Gasteiger partial charge in [-0.3, -0.25) is 0 Å². The standard InChI is InChI=1S/C16H25NO2/c1-16(19,14-5-3-2-4-6-14)12-17-11-13-7-9-15(18)10-8-13/h2-6,13,15,17-19H,7-12H2,1H3. The van der Waals surface area contributed by atoms with Gasteiger partial charge >= 0.3 is 0 Å². The molecule has 1 unspecified atom stereocenters. The summed E-state index contributed by atoms with van der Waals surface area (Å²) in [6, 6.07) is 9.77. The summed E-state index contributed by atoms with van der Waals surface area (Å²) in [5, 5.41) is 23.3. The lowest BCUT2D eigenvalue weighted by Gasteiger charge is -2.28. The summed E-state index contributed by atoms with van der Waals surface area (Å²) in [6.45, 7) is 3.34. The molecule has 0 saturated heterocycles. The lowest BCUT2D eigenvalue weighted by Crippen LogP contribution is -2.38. The van der Waals surface area contributed by atoms with Crippen molar-refractivity contribution < 1.29 is 10.2 Å². The molecule has 19 heavy (non-hydrogen) atoms. The van der Waals surface area contributed by atoms with Gasteiger partial charge in [0.1, 0.15) is 0 Å². The van der Waals surface area contributed by atoms with Crippen molar-refractivity contribution in [2.45, 2.75) is 44.3 Å². The van der Waals surface area contributed by atoms with E-state index in [1.54, 1.807) is 0 Å². The zero-order valence-electron chi connectivity index (χ0n) is 11.7. The second-order valence-electron chi connectivity index (χ2n) is 5.95. The second-order valence-corrected chi connectivity index (χ2v) is 5.95. The van der Waals surface area contributed by atoms with Gasteiger partial charge in [-0.1, -0.05) is 30.3 Å². The molecule has 3 N–H and O–H groups in total. The van der Waals surface area contributed by atoms with E-state index in [9.17, 15) is 10.2 Å². The summed E-state index contributed by atoms with van der Waals surface area (Å²) in [5.41, 5.74) is 0.122. The molecule has 0 bridgehead atoms. The van der Waals surface area contributed by atoms with E-state index in [1.807, 2.05) is 37.3 Å². The molecule has 1 atom stereocenters. The Kier molecular flexibility index (Phi) is 4.97. The smallest absolute Gasteiger partial charge is 0.0992 e. The van der Waals surface area contributed by atoms with Crippen LogP contribution in [0.15, 0.2) is 30.3 Å². The summed E-state index contributed by atoms with van der Waals surface area (Å²) in [7, 11) is 0. The number of aliphatic hydroxyl groups is 2. The van der Waals surface area contributed by atoms with Crippen molar-refractivity contribution >= 4 is 0 Å². The maximum absolute atomic E-state index is 10.5. The molecular formula is C16H25NO2. The molecule has 106 valence electrons. The first kappa shape index (κ1) is 14.5. The highest BCUT2D eigenvalue weighted by atomic mass is 16.3. The lowest BCUT2D eigenvalue weighted by atomic mass is 9.87. The van der Waals surface area contributed by atoms with Crippen LogP contribution < -0.4 is 5.32 Å². The number of rotatable bonds is 5. The summed E-state index contributed by atoms with van der Waals surface area (Å²) in [6.07, 6.45) is 3.91. The van der Waals surface area contributed by atoms with Crippen molar-refractivity contribution in [1.29, 1.82) is 0 Å². The Balaban J connectivity index is 1.76. The minimum absolute atomic E-state index is 0.0938. The van der Waals surface area contributed by atoms with E-state index in [-0.39, 0.29) is 6.10 Å². The molecular weight excluding hydrogens is 238 g/mol. The van der Waals surface area contributed by atoms with Crippen molar-refractivity contribution in [2.24, 2.45) is 5.92 Å². The first-order valence-electron chi connectivity index (χ1n) is 7.24. The molecule has 1 saturated carbocycles. The van der Waals surface area contributed by atoms with E-state index in [1.165, 1.54) is 0 Å². The molecule has 1 aliphatic rings. The molecule has 0 radical (unpaired) electrons. The van der Waals surface area contributed by atoms with Gasteiger partial charge in [0.05, 0.1) is 11.7 Å². The maximum Gasteiger partial charge on any atom is 0.0992 e. The van der Waals surface area contributed by atoms with Gasteiger partial charge in [-0.25, -0.2) is 0 Å². The third kappa shape index (κ3) is 4.30. The molecule has 0 aliphatic heterocycles. The van der Waals surface area contributed by atoms with Crippen LogP contribution in [0, 0.1) is 5.92 Å². The fourth-order valence-electron chi connectivity index (χ4n) is 2.77. The zero-order valence-corrected chi connectivity index (χ0v) is 11.7. The van der Waals surface area contributed by atoms with Crippen LogP contribution in [0.1, 0.15) is 38.2 Å². The van der Waals surface area contributed by atoms with Crippen LogP contribution >= 0.6 is 0 Å². The van der Waals surface area contributed by atoms with Gasteiger partial charge in [-0.15, -0.1) is 0 Å². The van der Waals surface area contributed by atoms with Gasteiger partial charge < -0.3 is 15.5 Å². The highest BCUT2D eigenvalue weighted by Gasteiger charge is 2.24. The lowest BCUT2D eigenvalue weighted by molar-refractivity contribution is 0.0534. The number of benzene rings is 1. The minimum Gasteiger partial charge on any atom is -0.393 e. The van der Waals surface area contributed by atoms with Gasteiger partial charge in [0.15, 0.2) is 0 Å². The highest BCUT2D eigenvalue weighted by molar-refractivity contribution is 5.21. The fourth-order valence-corrected chi connectivity index (χ4v) is 2.77. The maximum atomic E-state index is 10.5. The fraction of sp³-hybridized carbons (Fsp3) is 0.625. The van der Waals surface area contributed by atoms with E-state index < -0.39 is 5.60 Å². The third-order valence-corrected chi connectivity index (χ3v) is 4.11. The van der Waals surface area contributed by atoms with Crippen LogP contribution in [0.3, 0.4) is 0 Å². The molecule has 1 aromatic rings. The molecule has 1 fully saturated rings. The summed E-state index contributed by atoms with van der Waals surface area (Å²) in [4.78, 5) is 0. The summed E-state index contributed by atoms with van der Waals surface area (Å²) < 4.78 is 0. The topological polar surface area (TPSA) is 52.5 Å². The largest absolute Gasteiger partial charge is 0.393 e. The van der Waals surface area contributed by atoms with Gasteiger partial charge in [-0.2, -0.15) is 0 Å². The average Bonchev–Trinajstić information content (AvgIpc) is 2.42. The molecule has 0 aromatic heterocycles. The summed E-state index contributed by atoms with van der Waals surface area (Å²) >= 11 is 0. The van der Waals surface area contributed by atoms with Crippen LogP contribution in [0.25, 0.3) is 0 Å². The predicted octanol–water partition coefficient (Wildman–Crippen LogP) is 2.03. The number of hydrogen-bond acceptors (Lipinski definition) is 3. The number of aliphatic hydroxyl groups excluding tert-OH is 1. The monoisotopic (exact) mass is 263 g/mol. The molecule has 0 heterocycles. The Bertz CT molecular complexity index is 370. The van der Waals surface area contributed by atoms with E-state index >= 15 is 0 Å². The Morgan fingerprint density at radius 2 is 1.79 bits per heavy atom. The molecule has 3 nitrogen and oxygen atoms in total. The Morgan fingerprint density at radius 1 is 1.16 bits per heavy atom. The minimum atomic E-state index is -0.824. The van der Waals surface area contributed by atoms with E-state index in [4.69, 9.17) is 0 Å². The molecule has 1 aromatic carbocycles. The number of hydrogen-bond donors (Lipinski definition) is 3. The van der Waals surface area contributed by atoms with Crippen LogP contribution in [0.2, 0.25) is 0 Å². The Hall–Kier alpha value is -0.900. The third-order valence-electron chi connectivity index (χ3n) is 4.11. The van der Waals surface area contributed by atoms with E-state index in [2.05, 4.69) is 5.32 Å². The van der Waals surface area contributed by atoms with Crippen molar-refractivity contribution in [1.82, 2.24) is 5.32 Å². The van der Waals surface area contributed by atoms with Crippen LogP contribution in [0.5, 0.6) is 0 Å². The van der Waals surface area contributed by atoms with Crippen molar-refractivity contribution in [3.63, 3.8) is 0 Å². The SMILES string of the molecule is CC(O)(CNCC1CCC(O)CC1)c1ccccc1. The first-order valence-corrected chi connectivity index (χ1v) is 7.24. The quantitative estimate of drug-likeness (QED) is 0.762. The molecule has 0 spiro atoms. The second kappa shape index (κ2) is 6.51. The molecule has 3 heteroatoms. The summed E-state index contributed by atoms with van der Waals surface area (Å²) in [5.74, 6) is 0.634. The molecule has 0 amide bonds. The molecule has 2 rings (SSSR count). The van der Waals surface area contributed by atoms with Crippen molar-refractivity contribution in [2.75, 3.05) is 13.1 Å². The van der Waals surface area contributed by atoms with E-state index in [0.29, 0.717) is 12.5 Å². The number of nitrogens with one attached hydrogen (secondary N) is 1. The van der Waals surface area contributed by atoms with Crippen LogP contribution in [-0.2, 0) is 5.60 Å². The Labute approximate surface area is 115 Å². The van der Waals surface area contributed by atoms with Crippen molar-refractivity contribution in [3.05, 3.63) is 35.9 Å². The van der Waals surface area contributed by atoms with Crippen LogP contribution in [-0.4, -0.2) is 29.4 Å². The average molecular weight is 263 g/mol. The van der Waals surface area contributed by atoms with Crippen molar-refractivity contribution in [3.8, 4) is 0 Å². The van der Waals surface area contributed by atoms with Gasteiger partial charge in [-0.05, 0) is 50.6 Å². The van der Waals surface area contributed by atoms with Gasteiger partial charge in [0.2, 0.25) is 0 Å². The first-order chi connectivity index (χ1) is 9.08. The van der Waals surface area contributed by atoms with Gasteiger partial charge in [0.25, 0.3) is 0 Å². The van der Waals surface area contributed by atoms with E-state index in [0.717, 1.165) is 37.8 Å². The molecule has 1 aliphatic carbocycles. The zero-order chi connectivity index (χ0) is 13.7. The normalized spacial score (nSPS) is 26.9. The predicted molar refractivity (Wildman–Crippen MR) is 76.8 cm³/mol. The van der Waals surface area contributed by atoms with Crippen LogP contribution in [0.4, 0.5) is 0 Å². The highest BCUT2D eigenvalue weighted by Crippen LogP contribution is 2.24.